The van der Waals surface area contributed by atoms with Crippen molar-refractivity contribution in [3.63, 3.8) is 0 Å². The zero-order valence-electron chi connectivity index (χ0n) is 10.3. The fourth-order valence-corrected chi connectivity index (χ4v) is 1.63. The van der Waals surface area contributed by atoms with Gasteiger partial charge in [0.2, 0.25) is 0 Å². The van der Waals surface area contributed by atoms with Gasteiger partial charge in [0, 0.05) is 5.69 Å². The molecule has 0 aliphatic heterocycles. The van der Waals surface area contributed by atoms with Crippen LogP contribution in [0.5, 0.6) is 5.75 Å². The number of aliphatic hydroxyl groups excluding tert-OH is 1. The van der Waals surface area contributed by atoms with E-state index in [1.165, 1.54) is 0 Å². The van der Waals surface area contributed by atoms with E-state index in [1.807, 2.05) is 37.3 Å². The van der Waals surface area contributed by atoms with Crippen LogP contribution < -0.4 is 10.1 Å². The lowest BCUT2D eigenvalue weighted by Gasteiger charge is -2.06. The minimum Gasteiger partial charge on any atom is -0.494 e. The lowest BCUT2D eigenvalue weighted by molar-refractivity contribution is 0.244. The largest absolute Gasteiger partial charge is 0.494 e. The van der Waals surface area contributed by atoms with Crippen LogP contribution in [0.1, 0.15) is 18.4 Å². The van der Waals surface area contributed by atoms with Crippen LogP contribution in [0.25, 0.3) is 0 Å². The number of ether oxygens (including phenoxy) is 1. The predicted octanol–water partition coefficient (Wildman–Crippen LogP) is 2.78. The molecule has 1 aromatic carbocycles. The summed E-state index contributed by atoms with van der Waals surface area (Å²) >= 11 is 0. The highest BCUT2D eigenvalue weighted by molar-refractivity contribution is 5.46. The number of hydrogen-bond acceptors (Lipinski definition) is 4. The normalized spacial score (nSPS) is 10.3. The maximum atomic E-state index is 8.89. The van der Waals surface area contributed by atoms with Crippen LogP contribution >= 0.6 is 0 Å². The molecule has 2 aromatic rings. The van der Waals surface area contributed by atoms with E-state index < -0.39 is 0 Å². The number of hydrogen-bond donors (Lipinski definition) is 2. The molecule has 0 atom stereocenters. The molecule has 4 heteroatoms. The Labute approximate surface area is 106 Å². The molecule has 0 aliphatic rings. The topological polar surface area (TPSA) is 54.6 Å². The number of furan rings is 1. The molecule has 0 aliphatic carbocycles. The first kappa shape index (κ1) is 12.5. The van der Waals surface area contributed by atoms with E-state index in [0.29, 0.717) is 18.9 Å². The summed E-state index contributed by atoms with van der Waals surface area (Å²) < 4.78 is 10.7. The van der Waals surface area contributed by atoms with Crippen molar-refractivity contribution in [3.8, 4) is 5.75 Å². The molecule has 18 heavy (non-hydrogen) atoms. The Morgan fingerprint density at radius 1 is 1.11 bits per heavy atom. The van der Waals surface area contributed by atoms with Gasteiger partial charge in [-0.2, -0.15) is 0 Å². The van der Waals surface area contributed by atoms with E-state index in [9.17, 15) is 0 Å². The molecular weight excluding hydrogens is 230 g/mol. The van der Waals surface area contributed by atoms with Crippen molar-refractivity contribution >= 4 is 5.69 Å². The maximum Gasteiger partial charge on any atom is 0.129 e. The molecule has 0 saturated heterocycles. The minimum absolute atomic E-state index is 0.0664. The highest BCUT2D eigenvalue weighted by Gasteiger charge is 2.01. The molecule has 0 amide bonds. The Hall–Kier alpha value is -1.94. The van der Waals surface area contributed by atoms with Crippen LogP contribution in [0.2, 0.25) is 0 Å². The number of aliphatic hydroxyl groups is 1. The number of rotatable bonds is 6. The van der Waals surface area contributed by atoms with Crippen molar-refractivity contribution in [2.45, 2.75) is 20.1 Å². The standard InChI is InChI=1S/C14H17NO3/c1-2-17-12-5-3-11(4-6-12)15-9-13-7-8-14(10-16)18-13/h3-8,15-16H,2,9-10H2,1H3. The molecule has 0 radical (unpaired) electrons. The zero-order chi connectivity index (χ0) is 12.8. The van der Waals surface area contributed by atoms with E-state index in [4.69, 9.17) is 14.3 Å². The molecular formula is C14H17NO3. The van der Waals surface area contributed by atoms with Gasteiger partial charge >= 0.3 is 0 Å². The van der Waals surface area contributed by atoms with Gasteiger partial charge in [-0.05, 0) is 43.3 Å². The lowest BCUT2D eigenvalue weighted by atomic mass is 10.3. The summed E-state index contributed by atoms with van der Waals surface area (Å²) in [5.74, 6) is 2.25. The Balaban J connectivity index is 1.89. The molecule has 4 nitrogen and oxygen atoms in total. The summed E-state index contributed by atoms with van der Waals surface area (Å²) in [6.45, 7) is 3.15. The summed E-state index contributed by atoms with van der Waals surface area (Å²) in [6, 6.07) is 11.4. The van der Waals surface area contributed by atoms with Crippen molar-refractivity contribution in [1.82, 2.24) is 0 Å². The first-order valence-corrected chi connectivity index (χ1v) is 5.97. The third-order valence-electron chi connectivity index (χ3n) is 2.51. The van der Waals surface area contributed by atoms with Gasteiger partial charge in [0.15, 0.2) is 0 Å². The first-order chi connectivity index (χ1) is 8.81. The fraction of sp³-hybridized carbons (Fsp3) is 0.286. The molecule has 1 aromatic heterocycles. The second kappa shape index (κ2) is 6.12. The van der Waals surface area contributed by atoms with Crippen LogP contribution in [-0.2, 0) is 13.2 Å². The van der Waals surface area contributed by atoms with Gasteiger partial charge in [-0.15, -0.1) is 0 Å². The van der Waals surface area contributed by atoms with Crippen molar-refractivity contribution in [2.24, 2.45) is 0 Å². The zero-order valence-corrected chi connectivity index (χ0v) is 10.3. The summed E-state index contributed by atoms with van der Waals surface area (Å²) in [6.07, 6.45) is 0. The molecule has 96 valence electrons. The van der Waals surface area contributed by atoms with Gasteiger partial charge in [-0.25, -0.2) is 0 Å². The highest BCUT2D eigenvalue weighted by Crippen LogP contribution is 2.17. The second-order valence-electron chi connectivity index (χ2n) is 3.84. The van der Waals surface area contributed by atoms with E-state index in [2.05, 4.69) is 5.32 Å². The predicted molar refractivity (Wildman–Crippen MR) is 69.6 cm³/mol. The maximum absolute atomic E-state index is 8.89. The summed E-state index contributed by atoms with van der Waals surface area (Å²) in [5, 5.41) is 12.1. The Morgan fingerprint density at radius 3 is 2.44 bits per heavy atom. The van der Waals surface area contributed by atoms with Gasteiger partial charge in [0.05, 0.1) is 13.2 Å². The van der Waals surface area contributed by atoms with Crippen molar-refractivity contribution in [2.75, 3.05) is 11.9 Å². The summed E-state index contributed by atoms with van der Waals surface area (Å²) in [7, 11) is 0. The van der Waals surface area contributed by atoms with Gasteiger partial charge < -0.3 is 19.6 Å². The summed E-state index contributed by atoms with van der Waals surface area (Å²) in [4.78, 5) is 0. The molecule has 2 N–H and O–H groups in total. The Bertz CT molecular complexity index is 476. The average molecular weight is 247 g/mol. The van der Waals surface area contributed by atoms with Crippen LogP contribution in [-0.4, -0.2) is 11.7 Å². The van der Waals surface area contributed by atoms with Crippen molar-refractivity contribution < 1.29 is 14.3 Å². The fourth-order valence-electron chi connectivity index (χ4n) is 1.63. The van der Waals surface area contributed by atoms with Gasteiger partial charge in [0.25, 0.3) is 0 Å². The van der Waals surface area contributed by atoms with Crippen molar-refractivity contribution in [1.29, 1.82) is 0 Å². The summed E-state index contributed by atoms with van der Waals surface area (Å²) in [5.41, 5.74) is 1.00. The van der Waals surface area contributed by atoms with Gasteiger partial charge in [-0.3, -0.25) is 0 Å². The van der Waals surface area contributed by atoms with Crippen LogP contribution in [0.3, 0.4) is 0 Å². The monoisotopic (exact) mass is 247 g/mol. The van der Waals surface area contributed by atoms with Gasteiger partial charge in [0.1, 0.15) is 23.9 Å². The molecule has 0 saturated carbocycles. The lowest BCUT2D eigenvalue weighted by Crippen LogP contribution is -1.98. The average Bonchev–Trinajstić information content (AvgIpc) is 2.86. The van der Waals surface area contributed by atoms with E-state index in [0.717, 1.165) is 17.2 Å². The van der Waals surface area contributed by atoms with E-state index in [-0.39, 0.29) is 6.61 Å². The molecule has 0 spiro atoms. The number of nitrogens with one attached hydrogen (secondary N) is 1. The third-order valence-corrected chi connectivity index (χ3v) is 2.51. The van der Waals surface area contributed by atoms with E-state index in [1.54, 1.807) is 6.07 Å². The molecule has 1 heterocycles. The Kier molecular flexibility index (Phi) is 4.25. The minimum atomic E-state index is -0.0664. The van der Waals surface area contributed by atoms with Crippen LogP contribution in [0.15, 0.2) is 40.8 Å². The second-order valence-corrected chi connectivity index (χ2v) is 3.84. The SMILES string of the molecule is CCOc1ccc(NCc2ccc(CO)o2)cc1. The smallest absolute Gasteiger partial charge is 0.129 e. The highest BCUT2D eigenvalue weighted by atomic mass is 16.5. The molecule has 2 rings (SSSR count). The first-order valence-electron chi connectivity index (χ1n) is 5.97. The quantitative estimate of drug-likeness (QED) is 0.824. The van der Waals surface area contributed by atoms with Crippen LogP contribution in [0.4, 0.5) is 5.69 Å². The Morgan fingerprint density at radius 2 is 1.83 bits per heavy atom. The van der Waals surface area contributed by atoms with Crippen LogP contribution in [0, 0.1) is 0 Å². The molecule has 0 unspecified atom stereocenters. The van der Waals surface area contributed by atoms with Gasteiger partial charge in [-0.1, -0.05) is 0 Å². The number of anilines is 1. The number of benzene rings is 1. The third kappa shape index (κ3) is 3.28. The van der Waals surface area contributed by atoms with E-state index >= 15 is 0 Å². The van der Waals surface area contributed by atoms with Crippen molar-refractivity contribution in [3.05, 3.63) is 47.9 Å². The molecule has 0 fully saturated rings. The molecule has 0 bridgehead atoms.